The molecule has 1 atom stereocenters. The third kappa shape index (κ3) is 6.47. The van der Waals surface area contributed by atoms with Crippen molar-refractivity contribution in [3.05, 3.63) is 18.3 Å². The Morgan fingerprint density at radius 1 is 1.33 bits per heavy atom. The second kappa shape index (κ2) is 10.4. The van der Waals surface area contributed by atoms with E-state index in [-0.39, 0.29) is 28.6 Å². The first kappa shape index (κ1) is 22.2. The molecule has 1 aromatic rings. The van der Waals surface area contributed by atoms with Crippen LogP contribution in [0.2, 0.25) is 0 Å². The minimum Gasteiger partial charge on any atom is -0.353 e. The van der Waals surface area contributed by atoms with Gasteiger partial charge >= 0.3 is 0 Å². The van der Waals surface area contributed by atoms with Crippen molar-refractivity contribution in [2.75, 3.05) is 12.8 Å². The standard InChI is InChI=1S/C19H31N3O3S2/c1-4-8-15(2)21-18(23)14-26-19-12-11-17(13-20-19)27(24,25)22(3)16-9-6-5-7-10-16/h11-13,15-16H,4-10,14H2,1-3H3,(H,21,23)/t15-/m0/s1. The maximum Gasteiger partial charge on any atom is 0.244 e. The van der Waals surface area contributed by atoms with Crippen LogP contribution in [0.15, 0.2) is 28.3 Å². The molecule has 1 amide bonds. The lowest BCUT2D eigenvalue weighted by atomic mass is 9.96. The molecule has 0 aliphatic heterocycles. The SMILES string of the molecule is CCC[C@H](C)NC(=O)CSc1ccc(S(=O)(=O)N(C)C2CCCCC2)cn1. The van der Waals surface area contributed by atoms with Crippen molar-refractivity contribution in [1.82, 2.24) is 14.6 Å². The summed E-state index contributed by atoms with van der Waals surface area (Å²) in [6.45, 7) is 4.08. The predicted octanol–water partition coefficient (Wildman–Crippen LogP) is 3.43. The molecule has 6 nitrogen and oxygen atoms in total. The van der Waals surface area contributed by atoms with Crippen molar-refractivity contribution in [1.29, 1.82) is 0 Å². The van der Waals surface area contributed by atoms with Crippen LogP contribution < -0.4 is 5.32 Å². The van der Waals surface area contributed by atoms with E-state index >= 15 is 0 Å². The van der Waals surface area contributed by atoms with Crippen LogP contribution in [0.1, 0.15) is 58.8 Å². The Morgan fingerprint density at radius 3 is 2.63 bits per heavy atom. The molecule has 0 aromatic carbocycles. The highest BCUT2D eigenvalue weighted by Crippen LogP contribution is 2.26. The van der Waals surface area contributed by atoms with Crippen molar-refractivity contribution in [3.63, 3.8) is 0 Å². The Morgan fingerprint density at radius 2 is 2.04 bits per heavy atom. The van der Waals surface area contributed by atoms with Gasteiger partial charge in [-0.05, 0) is 38.3 Å². The second-order valence-corrected chi connectivity index (χ2v) is 10.2. The van der Waals surface area contributed by atoms with E-state index in [1.165, 1.54) is 28.7 Å². The molecule has 0 bridgehead atoms. The molecule has 2 rings (SSSR count). The van der Waals surface area contributed by atoms with Gasteiger partial charge in [0, 0.05) is 25.3 Å². The van der Waals surface area contributed by atoms with Crippen LogP contribution in [0, 0.1) is 0 Å². The van der Waals surface area contributed by atoms with E-state index in [2.05, 4.69) is 17.2 Å². The van der Waals surface area contributed by atoms with Gasteiger partial charge in [0.05, 0.1) is 10.8 Å². The average molecular weight is 414 g/mol. The Kier molecular flexibility index (Phi) is 8.57. The first-order valence-electron chi connectivity index (χ1n) is 9.70. The van der Waals surface area contributed by atoms with Crippen molar-refractivity contribution < 1.29 is 13.2 Å². The van der Waals surface area contributed by atoms with Gasteiger partial charge in [0.1, 0.15) is 4.90 Å². The quantitative estimate of drug-likeness (QED) is 0.628. The topological polar surface area (TPSA) is 79.4 Å². The van der Waals surface area contributed by atoms with Gasteiger partial charge in [-0.25, -0.2) is 13.4 Å². The molecule has 27 heavy (non-hydrogen) atoms. The van der Waals surface area contributed by atoms with Gasteiger partial charge < -0.3 is 5.32 Å². The molecule has 0 radical (unpaired) electrons. The highest BCUT2D eigenvalue weighted by Gasteiger charge is 2.29. The first-order valence-corrected chi connectivity index (χ1v) is 12.1. The zero-order valence-electron chi connectivity index (χ0n) is 16.5. The van der Waals surface area contributed by atoms with Gasteiger partial charge in [0.25, 0.3) is 0 Å². The molecular formula is C19H31N3O3S2. The number of hydrogen-bond donors (Lipinski definition) is 1. The summed E-state index contributed by atoms with van der Waals surface area (Å²) in [6, 6.07) is 3.50. The van der Waals surface area contributed by atoms with Crippen LogP contribution in [0.4, 0.5) is 0 Å². The summed E-state index contributed by atoms with van der Waals surface area (Å²) < 4.78 is 27.1. The fourth-order valence-electron chi connectivity index (χ4n) is 3.37. The van der Waals surface area contributed by atoms with Crippen LogP contribution in [-0.2, 0) is 14.8 Å². The van der Waals surface area contributed by atoms with Gasteiger partial charge in [0.15, 0.2) is 0 Å². The highest BCUT2D eigenvalue weighted by molar-refractivity contribution is 7.99. The van der Waals surface area contributed by atoms with Crippen molar-refractivity contribution in [2.45, 2.75) is 80.8 Å². The van der Waals surface area contributed by atoms with Gasteiger partial charge in [-0.15, -0.1) is 0 Å². The fourth-order valence-corrected chi connectivity index (χ4v) is 5.39. The fraction of sp³-hybridized carbons (Fsp3) is 0.684. The van der Waals surface area contributed by atoms with Crippen LogP contribution in [0.3, 0.4) is 0 Å². The van der Waals surface area contributed by atoms with E-state index in [4.69, 9.17) is 0 Å². The molecule has 1 aromatic heterocycles. The zero-order chi connectivity index (χ0) is 19.9. The van der Waals surface area contributed by atoms with Crippen molar-refractivity contribution in [3.8, 4) is 0 Å². The minimum absolute atomic E-state index is 0.0310. The third-order valence-corrected chi connectivity index (χ3v) is 7.79. The number of amides is 1. The lowest BCUT2D eigenvalue weighted by molar-refractivity contribution is -0.119. The van der Waals surface area contributed by atoms with Crippen LogP contribution in [-0.4, -0.2) is 48.5 Å². The van der Waals surface area contributed by atoms with E-state index in [1.54, 1.807) is 19.2 Å². The normalized spacial score (nSPS) is 17.0. The second-order valence-electron chi connectivity index (χ2n) is 7.19. The molecule has 0 saturated heterocycles. The molecule has 0 spiro atoms. The van der Waals surface area contributed by atoms with Gasteiger partial charge in [0.2, 0.25) is 15.9 Å². The molecule has 1 heterocycles. The summed E-state index contributed by atoms with van der Waals surface area (Å²) in [5, 5.41) is 3.59. The number of sulfonamides is 1. The molecule has 8 heteroatoms. The maximum atomic E-state index is 12.8. The predicted molar refractivity (Wildman–Crippen MR) is 109 cm³/mol. The monoisotopic (exact) mass is 413 g/mol. The maximum absolute atomic E-state index is 12.8. The van der Waals surface area contributed by atoms with Gasteiger partial charge in [-0.2, -0.15) is 4.31 Å². The molecule has 1 N–H and O–H groups in total. The molecule has 1 aliphatic rings. The Bertz CT molecular complexity index is 701. The average Bonchev–Trinajstić information content (AvgIpc) is 2.67. The highest BCUT2D eigenvalue weighted by atomic mass is 32.2. The molecule has 152 valence electrons. The zero-order valence-corrected chi connectivity index (χ0v) is 18.1. The lowest BCUT2D eigenvalue weighted by Crippen LogP contribution is -2.38. The summed E-state index contributed by atoms with van der Waals surface area (Å²) in [7, 11) is -1.86. The Labute approximate surface area is 167 Å². The van der Waals surface area contributed by atoms with E-state index in [1.807, 2.05) is 6.92 Å². The number of nitrogens with zero attached hydrogens (tertiary/aromatic N) is 2. The molecule has 1 fully saturated rings. The molecule has 1 saturated carbocycles. The summed E-state index contributed by atoms with van der Waals surface area (Å²) in [5.41, 5.74) is 0. The van der Waals surface area contributed by atoms with E-state index < -0.39 is 10.0 Å². The van der Waals surface area contributed by atoms with Crippen molar-refractivity contribution >= 4 is 27.7 Å². The smallest absolute Gasteiger partial charge is 0.244 e. The van der Waals surface area contributed by atoms with Crippen LogP contribution >= 0.6 is 11.8 Å². The van der Waals surface area contributed by atoms with Crippen LogP contribution in [0.5, 0.6) is 0 Å². The number of nitrogens with one attached hydrogen (secondary N) is 1. The number of carbonyl (C=O) groups is 1. The molecule has 1 aliphatic carbocycles. The van der Waals surface area contributed by atoms with E-state index in [0.717, 1.165) is 38.5 Å². The summed E-state index contributed by atoms with van der Waals surface area (Å²) in [6.07, 6.45) is 8.56. The third-order valence-electron chi connectivity index (χ3n) is 4.96. The van der Waals surface area contributed by atoms with Crippen LogP contribution in [0.25, 0.3) is 0 Å². The Hall–Kier alpha value is -1.12. The molecule has 0 unspecified atom stereocenters. The summed E-state index contributed by atoms with van der Waals surface area (Å²) >= 11 is 1.31. The van der Waals surface area contributed by atoms with E-state index in [0.29, 0.717) is 5.03 Å². The van der Waals surface area contributed by atoms with E-state index in [9.17, 15) is 13.2 Å². The van der Waals surface area contributed by atoms with Gasteiger partial charge in [-0.1, -0.05) is 44.4 Å². The van der Waals surface area contributed by atoms with Gasteiger partial charge in [-0.3, -0.25) is 4.79 Å². The minimum atomic E-state index is -3.53. The first-order chi connectivity index (χ1) is 12.8. The number of pyridine rings is 1. The summed E-state index contributed by atoms with van der Waals surface area (Å²) in [4.78, 5) is 16.4. The molecular weight excluding hydrogens is 382 g/mol. The number of aromatic nitrogens is 1. The lowest BCUT2D eigenvalue weighted by Gasteiger charge is -2.30. The van der Waals surface area contributed by atoms with Crippen molar-refractivity contribution in [2.24, 2.45) is 0 Å². The Balaban J connectivity index is 1.92. The largest absolute Gasteiger partial charge is 0.353 e. The number of hydrogen-bond acceptors (Lipinski definition) is 5. The number of thioether (sulfide) groups is 1. The summed E-state index contributed by atoms with van der Waals surface area (Å²) in [5.74, 6) is 0.242. The number of rotatable bonds is 9. The number of carbonyl (C=O) groups excluding carboxylic acids is 1.